The topological polar surface area (TPSA) is 97.8 Å². The molecule has 0 saturated carbocycles. The molecule has 8 heteroatoms. The maximum absolute atomic E-state index is 12.6. The van der Waals surface area contributed by atoms with E-state index in [9.17, 15) is 4.79 Å². The first-order chi connectivity index (χ1) is 13.8. The number of fused-ring (bicyclic) bond motifs is 1. The minimum Gasteiger partial charge on any atom is -0.454 e. The minimum atomic E-state index is -0.329. The molecule has 0 saturated heterocycles. The van der Waals surface area contributed by atoms with E-state index >= 15 is 0 Å². The van der Waals surface area contributed by atoms with Crippen LogP contribution in [-0.4, -0.2) is 28.6 Å². The van der Waals surface area contributed by atoms with Gasteiger partial charge in [-0.15, -0.1) is 0 Å². The fourth-order valence-corrected chi connectivity index (χ4v) is 3.21. The lowest BCUT2D eigenvalue weighted by Crippen LogP contribution is -2.22. The second-order valence-corrected chi connectivity index (χ2v) is 6.43. The van der Waals surface area contributed by atoms with Gasteiger partial charge in [0, 0.05) is 12.0 Å². The zero-order chi connectivity index (χ0) is 18.9. The lowest BCUT2D eigenvalue weighted by molar-refractivity contribution is -0.110. The Morgan fingerprint density at radius 3 is 2.86 bits per heavy atom. The second-order valence-electron chi connectivity index (χ2n) is 6.43. The van der Waals surface area contributed by atoms with Gasteiger partial charge in [-0.25, -0.2) is 0 Å². The molecule has 8 nitrogen and oxygen atoms in total. The number of nitrogens with one attached hydrogen (secondary N) is 2. The number of benzene rings is 2. The molecular weight excluding hydrogens is 360 g/mol. The summed E-state index contributed by atoms with van der Waals surface area (Å²) in [5.41, 5.74) is 2.91. The van der Waals surface area contributed by atoms with Crippen molar-refractivity contribution in [1.29, 1.82) is 0 Å². The van der Waals surface area contributed by atoms with Crippen LogP contribution in [0.5, 0.6) is 11.5 Å². The Hall–Kier alpha value is -3.81. The van der Waals surface area contributed by atoms with Gasteiger partial charge in [-0.1, -0.05) is 41.6 Å². The third kappa shape index (κ3) is 2.94. The Labute approximate surface area is 160 Å². The van der Waals surface area contributed by atoms with Crippen LogP contribution < -0.4 is 14.8 Å². The fraction of sp³-hybridized carbons (Fsp3) is 0.150. The van der Waals surface area contributed by atoms with Crippen LogP contribution in [-0.2, 0) is 9.63 Å². The number of aromatic amines is 1. The molecule has 2 aliphatic rings. The Bertz CT molecular complexity index is 1060. The molecule has 0 radical (unpaired) electrons. The molecule has 0 unspecified atom stereocenters. The van der Waals surface area contributed by atoms with Crippen molar-refractivity contribution in [3.63, 3.8) is 0 Å². The maximum atomic E-state index is 12.6. The number of hydrogen-bond donors (Lipinski definition) is 2. The van der Waals surface area contributed by atoms with Crippen molar-refractivity contribution in [1.82, 2.24) is 10.2 Å². The third-order valence-electron chi connectivity index (χ3n) is 4.66. The molecule has 1 aromatic heterocycles. The highest BCUT2D eigenvalue weighted by Gasteiger charge is 2.28. The molecule has 0 spiro atoms. The van der Waals surface area contributed by atoms with Crippen LogP contribution in [0.25, 0.3) is 11.1 Å². The molecular formula is C20H16N4O4. The van der Waals surface area contributed by atoms with Crippen LogP contribution >= 0.6 is 0 Å². The molecule has 1 atom stereocenters. The average Bonchev–Trinajstić information content (AvgIpc) is 3.48. The van der Waals surface area contributed by atoms with Crippen molar-refractivity contribution in [3.05, 3.63) is 60.3 Å². The van der Waals surface area contributed by atoms with Crippen molar-refractivity contribution >= 4 is 17.4 Å². The zero-order valence-corrected chi connectivity index (χ0v) is 14.7. The van der Waals surface area contributed by atoms with Gasteiger partial charge in [0.15, 0.2) is 17.6 Å². The van der Waals surface area contributed by atoms with Crippen molar-refractivity contribution in [2.24, 2.45) is 5.16 Å². The van der Waals surface area contributed by atoms with Gasteiger partial charge < -0.3 is 19.6 Å². The smallest absolute Gasteiger partial charge is 0.274 e. The molecule has 1 amide bonds. The highest BCUT2D eigenvalue weighted by atomic mass is 16.7. The molecule has 0 bridgehead atoms. The van der Waals surface area contributed by atoms with E-state index < -0.39 is 0 Å². The van der Waals surface area contributed by atoms with E-state index in [1.807, 2.05) is 48.5 Å². The summed E-state index contributed by atoms with van der Waals surface area (Å²) < 4.78 is 10.8. The largest absolute Gasteiger partial charge is 0.454 e. The number of hydrogen-bond acceptors (Lipinski definition) is 6. The van der Waals surface area contributed by atoms with E-state index in [0.29, 0.717) is 29.4 Å². The molecule has 3 aromatic rings. The van der Waals surface area contributed by atoms with Crippen molar-refractivity contribution < 1.29 is 19.1 Å². The second kappa shape index (κ2) is 6.73. The summed E-state index contributed by atoms with van der Waals surface area (Å²) in [5, 5.41) is 13.7. The highest BCUT2D eigenvalue weighted by Crippen LogP contribution is 2.37. The summed E-state index contributed by atoms with van der Waals surface area (Å²) in [7, 11) is 0. The van der Waals surface area contributed by atoms with Gasteiger partial charge in [-0.3, -0.25) is 9.89 Å². The Morgan fingerprint density at radius 2 is 1.96 bits per heavy atom. The number of rotatable bonds is 4. The molecule has 140 valence electrons. The average molecular weight is 376 g/mol. The van der Waals surface area contributed by atoms with Crippen molar-refractivity contribution in [3.8, 4) is 22.6 Å². The number of aromatic nitrogens is 2. The number of nitrogens with zero attached hydrogens (tertiary/aromatic N) is 2. The lowest BCUT2D eigenvalue weighted by Gasteiger charge is -2.08. The number of carbonyl (C=O) groups is 1. The first-order valence-corrected chi connectivity index (χ1v) is 8.80. The fourth-order valence-electron chi connectivity index (χ4n) is 3.21. The summed E-state index contributed by atoms with van der Waals surface area (Å²) in [6.07, 6.45) is 1.80. The quantitative estimate of drug-likeness (QED) is 0.728. The Kier molecular flexibility index (Phi) is 3.93. The normalized spacial score (nSPS) is 17.1. The van der Waals surface area contributed by atoms with E-state index in [-0.39, 0.29) is 18.8 Å². The minimum absolute atomic E-state index is 0.205. The SMILES string of the molecule is O=C(Nc1[nH]ncc1-c1ccc2c(c1)OCO2)C1=NO[C@H](c2ccccc2)C1. The van der Waals surface area contributed by atoms with Gasteiger partial charge in [-0.05, 0) is 23.3 Å². The Morgan fingerprint density at radius 1 is 1.11 bits per heavy atom. The first kappa shape index (κ1) is 16.4. The number of anilines is 1. The monoisotopic (exact) mass is 376 g/mol. The summed E-state index contributed by atoms with van der Waals surface area (Å²) in [5.74, 6) is 1.51. The molecule has 2 aliphatic heterocycles. The van der Waals surface area contributed by atoms with Crippen LogP contribution in [0.4, 0.5) is 5.82 Å². The molecule has 3 heterocycles. The van der Waals surface area contributed by atoms with Crippen LogP contribution in [0.15, 0.2) is 59.9 Å². The standard InChI is InChI=1S/C20H16N4O4/c25-20(15-9-17(28-24-15)12-4-2-1-3-5-12)22-19-14(10-21-23-19)13-6-7-16-18(8-13)27-11-26-16/h1-8,10,17H,9,11H2,(H2,21,22,23,25)/t17-/m0/s1. The number of H-pyrrole nitrogens is 1. The maximum Gasteiger partial charge on any atom is 0.274 e. The predicted octanol–water partition coefficient (Wildman–Crippen LogP) is 3.26. The number of oxime groups is 1. The summed E-state index contributed by atoms with van der Waals surface area (Å²) >= 11 is 0. The molecule has 28 heavy (non-hydrogen) atoms. The summed E-state index contributed by atoms with van der Waals surface area (Å²) in [6, 6.07) is 15.3. The van der Waals surface area contributed by atoms with Crippen LogP contribution in [0, 0.1) is 0 Å². The molecule has 2 N–H and O–H groups in total. The van der Waals surface area contributed by atoms with Gasteiger partial charge >= 0.3 is 0 Å². The van der Waals surface area contributed by atoms with Crippen molar-refractivity contribution in [2.75, 3.05) is 12.1 Å². The van der Waals surface area contributed by atoms with E-state index in [1.165, 1.54) is 0 Å². The molecule has 2 aromatic carbocycles. The molecule has 0 fully saturated rings. The van der Waals surface area contributed by atoms with Gasteiger partial charge in [0.25, 0.3) is 5.91 Å². The van der Waals surface area contributed by atoms with Gasteiger partial charge in [-0.2, -0.15) is 5.10 Å². The third-order valence-corrected chi connectivity index (χ3v) is 4.66. The Balaban J connectivity index is 1.31. The predicted molar refractivity (Wildman–Crippen MR) is 101 cm³/mol. The lowest BCUT2D eigenvalue weighted by atomic mass is 10.0. The van der Waals surface area contributed by atoms with E-state index in [4.69, 9.17) is 14.3 Å². The first-order valence-electron chi connectivity index (χ1n) is 8.80. The number of amides is 1. The van der Waals surface area contributed by atoms with Gasteiger partial charge in [0.05, 0.1) is 6.20 Å². The van der Waals surface area contributed by atoms with E-state index in [0.717, 1.165) is 16.7 Å². The van der Waals surface area contributed by atoms with Gasteiger partial charge in [0.2, 0.25) is 6.79 Å². The van der Waals surface area contributed by atoms with Crippen molar-refractivity contribution in [2.45, 2.75) is 12.5 Å². The number of ether oxygens (including phenoxy) is 2. The number of carbonyl (C=O) groups excluding carboxylic acids is 1. The van der Waals surface area contributed by atoms with E-state index in [2.05, 4.69) is 20.7 Å². The van der Waals surface area contributed by atoms with Gasteiger partial charge in [0.1, 0.15) is 11.5 Å². The molecule has 5 rings (SSSR count). The van der Waals surface area contributed by atoms with E-state index in [1.54, 1.807) is 6.20 Å². The van der Waals surface area contributed by atoms with Crippen LogP contribution in [0.3, 0.4) is 0 Å². The summed E-state index contributed by atoms with van der Waals surface area (Å²) in [6.45, 7) is 0.205. The highest BCUT2D eigenvalue weighted by molar-refractivity contribution is 6.43. The zero-order valence-electron chi connectivity index (χ0n) is 14.7. The van der Waals surface area contributed by atoms with Crippen LogP contribution in [0.1, 0.15) is 18.1 Å². The van der Waals surface area contributed by atoms with Crippen LogP contribution in [0.2, 0.25) is 0 Å². The summed E-state index contributed by atoms with van der Waals surface area (Å²) in [4.78, 5) is 18.1. The molecule has 0 aliphatic carbocycles.